The van der Waals surface area contributed by atoms with Crippen LogP contribution >= 0.6 is 0 Å². The van der Waals surface area contributed by atoms with Crippen molar-refractivity contribution in [3.05, 3.63) is 36.0 Å². The summed E-state index contributed by atoms with van der Waals surface area (Å²) in [5, 5.41) is 10.6. The highest BCUT2D eigenvalue weighted by atomic mass is 19.4. The number of benzene rings is 1. The molecule has 30 heavy (non-hydrogen) atoms. The smallest absolute Gasteiger partial charge is 0.418 e. The summed E-state index contributed by atoms with van der Waals surface area (Å²) in [5.41, 5.74) is 5.26. The topological polar surface area (TPSA) is 109 Å². The molecular formula is C20H25F3N4O3. The molecule has 1 unspecified atom stereocenters. The highest BCUT2D eigenvalue weighted by molar-refractivity contribution is 5.93. The van der Waals surface area contributed by atoms with Gasteiger partial charge in [0, 0.05) is 30.4 Å². The van der Waals surface area contributed by atoms with Gasteiger partial charge >= 0.3 is 6.18 Å². The van der Waals surface area contributed by atoms with Crippen molar-refractivity contribution in [2.75, 3.05) is 31.5 Å². The van der Waals surface area contributed by atoms with Crippen LogP contribution in [-0.4, -0.2) is 53.5 Å². The Balaban J connectivity index is 0.00000101. The molecule has 0 aliphatic carbocycles. The second-order valence-electron chi connectivity index (χ2n) is 6.99. The maximum atomic E-state index is 13.2. The predicted molar refractivity (Wildman–Crippen MR) is 107 cm³/mol. The zero-order chi connectivity index (χ0) is 22.1. The molecule has 0 spiro atoms. The molecule has 4 N–H and O–H groups in total. The lowest BCUT2D eigenvalue weighted by Gasteiger charge is -2.31. The zero-order valence-corrected chi connectivity index (χ0v) is 16.4. The van der Waals surface area contributed by atoms with Gasteiger partial charge < -0.3 is 21.1 Å². The minimum Gasteiger partial charge on any atom is -0.483 e. The van der Waals surface area contributed by atoms with Crippen molar-refractivity contribution >= 4 is 29.0 Å². The molecule has 164 valence electrons. The maximum absolute atomic E-state index is 13.2. The van der Waals surface area contributed by atoms with E-state index in [9.17, 15) is 18.0 Å². The second-order valence-corrected chi connectivity index (χ2v) is 6.99. The Hall–Kier alpha value is -2.88. The predicted octanol–water partition coefficient (Wildman–Crippen LogP) is 2.95. The summed E-state index contributed by atoms with van der Waals surface area (Å²) >= 11 is 0. The summed E-state index contributed by atoms with van der Waals surface area (Å²) in [7, 11) is 0. The number of halogens is 3. The van der Waals surface area contributed by atoms with Gasteiger partial charge in [0.15, 0.2) is 0 Å². The Morgan fingerprint density at radius 1 is 1.37 bits per heavy atom. The van der Waals surface area contributed by atoms with Crippen molar-refractivity contribution in [2.24, 2.45) is 11.7 Å². The fraction of sp³-hybridized carbons (Fsp3) is 0.450. The molecule has 1 aliphatic heterocycles. The molecule has 10 heteroatoms. The van der Waals surface area contributed by atoms with Crippen LogP contribution in [0, 0.1) is 5.92 Å². The largest absolute Gasteiger partial charge is 0.483 e. The van der Waals surface area contributed by atoms with Gasteiger partial charge in [-0.05, 0) is 44.5 Å². The van der Waals surface area contributed by atoms with Gasteiger partial charge in [0.1, 0.15) is 0 Å². The van der Waals surface area contributed by atoms with E-state index in [2.05, 4.69) is 15.2 Å². The van der Waals surface area contributed by atoms with Crippen LogP contribution in [0.2, 0.25) is 0 Å². The maximum Gasteiger partial charge on any atom is 0.418 e. The van der Waals surface area contributed by atoms with E-state index in [-0.39, 0.29) is 23.8 Å². The average Bonchev–Trinajstić information content (AvgIpc) is 2.71. The number of primary amides is 1. The molecule has 1 amide bonds. The number of pyridine rings is 1. The number of nitrogens with zero attached hydrogens (tertiary/aromatic N) is 2. The minimum absolute atomic E-state index is 0.0460. The third-order valence-electron chi connectivity index (χ3n) is 4.95. The molecule has 1 fully saturated rings. The van der Waals surface area contributed by atoms with Crippen LogP contribution in [0.5, 0.6) is 0 Å². The number of anilines is 1. The lowest BCUT2D eigenvalue weighted by atomic mass is 9.97. The minimum atomic E-state index is -4.43. The summed E-state index contributed by atoms with van der Waals surface area (Å²) in [6, 6.07) is 5.77. The van der Waals surface area contributed by atoms with E-state index in [0.29, 0.717) is 24.2 Å². The second kappa shape index (κ2) is 10.8. The molecule has 0 saturated carbocycles. The highest BCUT2D eigenvalue weighted by Gasteiger charge is 2.33. The quantitative estimate of drug-likeness (QED) is 0.484. The van der Waals surface area contributed by atoms with E-state index < -0.39 is 11.7 Å². The molecule has 1 saturated heterocycles. The van der Waals surface area contributed by atoms with Gasteiger partial charge in [-0.25, -0.2) is 0 Å². The van der Waals surface area contributed by atoms with Crippen molar-refractivity contribution in [3.8, 4) is 0 Å². The number of hydrogen-bond acceptors (Lipinski definition) is 5. The van der Waals surface area contributed by atoms with Gasteiger partial charge in [0.2, 0.25) is 5.91 Å². The zero-order valence-electron chi connectivity index (χ0n) is 16.4. The van der Waals surface area contributed by atoms with Crippen molar-refractivity contribution in [2.45, 2.75) is 25.4 Å². The number of piperidine rings is 1. The van der Waals surface area contributed by atoms with Crippen LogP contribution < -0.4 is 11.1 Å². The number of rotatable bonds is 6. The average molecular weight is 426 g/mol. The van der Waals surface area contributed by atoms with E-state index >= 15 is 0 Å². The first-order valence-electron chi connectivity index (χ1n) is 9.56. The van der Waals surface area contributed by atoms with Crippen LogP contribution in [0.3, 0.4) is 0 Å². The third-order valence-corrected chi connectivity index (χ3v) is 4.95. The van der Waals surface area contributed by atoms with Crippen molar-refractivity contribution in [1.29, 1.82) is 0 Å². The normalized spacial score (nSPS) is 17.1. The number of carbonyl (C=O) groups excluding carboxylic acids is 1. The van der Waals surface area contributed by atoms with E-state index in [0.717, 1.165) is 38.4 Å². The first-order valence-corrected chi connectivity index (χ1v) is 9.56. The molecule has 0 bridgehead atoms. The molecule has 1 aromatic carbocycles. The number of nitrogens with one attached hydrogen (secondary N) is 1. The van der Waals surface area contributed by atoms with Gasteiger partial charge in [-0.1, -0.05) is 12.1 Å². The molecule has 2 heterocycles. The van der Waals surface area contributed by atoms with Crippen LogP contribution in [0.25, 0.3) is 10.9 Å². The van der Waals surface area contributed by atoms with Gasteiger partial charge in [-0.2, -0.15) is 13.2 Å². The number of likely N-dealkylation sites (tertiary alicyclic amines) is 1. The van der Waals surface area contributed by atoms with E-state index in [1.807, 2.05) is 0 Å². The SMILES string of the molecule is NC(=O)C1CCCN(CCCNc2ccnc3c(C(F)(F)F)cccc23)C1.O=CO. The van der Waals surface area contributed by atoms with E-state index in [1.165, 1.54) is 12.3 Å². The fourth-order valence-electron chi connectivity index (χ4n) is 3.58. The molecule has 1 aliphatic rings. The molecular weight excluding hydrogens is 401 g/mol. The Bertz CT molecular complexity index is 861. The van der Waals surface area contributed by atoms with Gasteiger partial charge in [0.05, 0.1) is 17.0 Å². The molecule has 7 nitrogen and oxygen atoms in total. The van der Waals surface area contributed by atoms with E-state index in [4.69, 9.17) is 15.6 Å². The number of fused-ring (bicyclic) bond motifs is 1. The van der Waals surface area contributed by atoms with Crippen molar-refractivity contribution < 1.29 is 27.9 Å². The van der Waals surface area contributed by atoms with Gasteiger partial charge in [-0.3, -0.25) is 14.6 Å². The Morgan fingerprint density at radius 2 is 2.10 bits per heavy atom. The third kappa shape index (κ3) is 6.31. The Morgan fingerprint density at radius 3 is 2.77 bits per heavy atom. The molecule has 1 atom stereocenters. The van der Waals surface area contributed by atoms with Gasteiger partial charge in [-0.15, -0.1) is 0 Å². The summed E-state index contributed by atoms with van der Waals surface area (Å²) in [6.07, 6.45) is -0.433. The van der Waals surface area contributed by atoms with Crippen LogP contribution in [0.4, 0.5) is 18.9 Å². The number of alkyl halides is 3. The molecule has 2 aromatic rings. The molecule has 0 radical (unpaired) electrons. The summed E-state index contributed by atoms with van der Waals surface area (Å²) in [5.74, 6) is -0.335. The summed E-state index contributed by atoms with van der Waals surface area (Å²) < 4.78 is 39.5. The van der Waals surface area contributed by atoms with Crippen LogP contribution in [0.1, 0.15) is 24.8 Å². The monoisotopic (exact) mass is 426 g/mol. The van der Waals surface area contributed by atoms with Crippen molar-refractivity contribution in [3.63, 3.8) is 0 Å². The summed E-state index contributed by atoms with van der Waals surface area (Å²) in [6.45, 7) is 2.81. The number of nitrogens with two attached hydrogens (primary N) is 1. The van der Waals surface area contributed by atoms with Gasteiger partial charge in [0.25, 0.3) is 6.47 Å². The lowest BCUT2D eigenvalue weighted by Crippen LogP contribution is -2.41. The van der Waals surface area contributed by atoms with Crippen LogP contribution in [0.15, 0.2) is 30.5 Å². The highest BCUT2D eigenvalue weighted by Crippen LogP contribution is 2.35. The first-order chi connectivity index (χ1) is 14.3. The standard InChI is InChI=1S/C19H23F3N4O.CH2O2/c20-19(21,22)15-6-1-5-14-16(7-9-25-17(14)15)24-8-3-11-26-10-2-4-13(12-26)18(23)27;2-1-3/h1,5-7,9,13H,2-4,8,10-12H2,(H2,23,27)(H,24,25);1H,(H,2,3). The Labute approximate surface area is 172 Å². The fourth-order valence-corrected chi connectivity index (χ4v) is 3.58. The molecule has 1 aromatic heterocycles. The Kier molecular flexibility index (Phi) is 8.40. The number of para-hydroxylation sites is 1. The number of amides is 1. The van der Waals surface area contributed by atoms with Crippen molar-refractivity contribution in [1.82, 2.24) is 9.88 Å². The number of carbonyl (C=O) groups is 2. The number of hydrogen-bond donors (Lipinski definition) is 3. The lowest BCUT2D eigenvalue weighted by molar-refractivity contribution is -0.136. The van der Waals surface area contributed by atoms with Crippen LogP contribution in [-0.2, 0) is 15.8 Å². The number of carboxylic acid groups (broad SMARTS) is 1. The summed E-state index contributed by atoms with van der Waals surface area (Å²) in [4.78, 5) is 25.8. The molecule has 3 rings (SSSR count). The first kappa shape index (κ1) is 23.4. The number of aromatic nitrogens is 1. The van der Waals surface area contributed by atoms with E-state index in [1.54, 1.807) is 12.1 Å².